The first-order valence-corrected chi connectivity index (χ1v) is 13.7. The molecule has 8 heteroatoms. The number of allylic oxidation sites excluding steroid dienone is 1. The zero-order valence-electron chi connectivity index (χ0n) is 23.5. The molecule has 4 aliphatic rings. The van der Waals surface area contributed by atoms with E-state index in [-0.39, 0.29) is 30.4 Å². The van der Waals surface area contributed by atoms with Crippen LogP contribution in [0.15, 0.2) is 24.3 Å². The van der Waals surface area contributed by atoms with Gasteiger partial charge in [0.2, 0.25) is 11.8 Å². The molecule has 37 heavy (non-hydrogen) atoms. The SMILES string of the molecule is CC[C@@H](CO)N1C(=O)[C@@H]2[C@@H]3C(=O)OCCC/C=C\[C@]3(C)O[C@@]23C=CCN(C(C)(C)CC(C)(C)C)C(=O)C13. The third-order valence-corrected chi connectivity index (χ3v) is 8.46. The van der Waals surface area contributed by atoms with E-state index in [2.05, 4.69) is 34.6 Å². The fourth-order valence-electron chi connectivity index (χ4n) is 7.32. The highest BCUT2D eigenvalue weighted by atomic mass is 16.6. The van der Waals surface area contributed by atoms with E-state index in [0.29, 0.717) is 19.4 Å². The van der Waals surface area contributed by atoms with Crippen molar-refractivity contribution in [2.45, 2.75) is 103 Å². The van der Waals surface area contributed by atoms with Gasteiger partial charge in [-0.15, -0.1) is 0 Å². The van der Waals surface area contributed by atoms with Gasteiger partial charge in [-0.3, -0.25) is 14.4 Å². The summed E-state index contributed by atoms with van der Waals surface area (Å²) in [5.74, 6) is -2.85. The number of aliphatic hydroxyl groups excluding tert-OH is 1. The van der Waals surface area contributed by atoms with Gasteiger partial charge in [0.15, 0.2) is 0 Å². The topological polar surface area (TPSA) is 96.4 Å². The molecule has 2 amide bonds. The Balaban J connectivity index is 1.88. The molecule has 0 aromatic rings. The summed E-state index contributed by atoms with van der Waals surface area (Å²) in [6.45, 7) is 14.6. The van der Waals surface area contributed by atoms with E-state index in [4.69, 9.17) is 9.47 Å². The number of carbonyl (C=O) groups is 3. The van der Waals surface area contributed by atoms with E-state index in [0.717, 1.165) is 12.8 Å². The number of likely N-dealkylation sites (tertiary alicyclic amines) is 1. The minimum absolute atomic E-state index is 0.0297. The van der Waals surface area contributed by atoms with Crippen molar-refractivity contribution in [3.05, 3.63) is 24.3 Å². The van der Waals surface area contributed by atoms with Crippen molar-refractivity contribution in [2.75, 3.05) is 19.8 Å². The summed E-state index contributed by atoms with van der Waals surface area (Å²) in [4.78, 5) is 45.7. The Kier molecular flexibility index (Phi) is 7.17. The summed E-state index contributed by atoms with van der Waals surface area (Å²) in [6, 6.07) is -1.56. The van der Waals surface area contributed by atoms with Crippen LogP contribution in [0.1, 0.15) is 74.1 Å². The van der Waals surface area contributed by atoms with Gasteiger partial charge >= 0.3 is 5.97 Å². The average molecular weight is 517 g/mol. The zero-order valence-corrected chi connectivity index (χ0v) is 23.5. The van der Waals surface area contributed by atoms with E-state index < -0.39 is 46.6 Å². The molecule has 0 aromatic carbocycles. The fraction of sp³-hybridized carbons (Fsp3) is 0.759. The van der Waals surface area contributed by atoms with Crippen LogP contribution in [0.2, 0.25) is 0 Å². The molecule has 2 fully saturated rings. The van der Waals surface area contributed by atoms with Crippen LogP contribution in [-0.4, -0.2) is 81.3 Å². The van der Waals surface area contributed by atoms with Gasteiger partial charge in [0, 0.05) is 12.1 Å². The quantitative estimate of drug-likeness (QED) is 0.445. The average Bonchev–Trinajstić information content (AvgIpc) is 3.12. The lowest BCUT2D eigenvalue weighted by Crippen LogP contribution is -2.62. The highest BCUT2D eigenvalue weighted by Gasteiger charge is 2.75. The third kappa shape index (κ3) is 4.54. The lowest BCUT2D eigenvalue weighted by Gasteiger charge is -2.45. The number of cyclic esters (lactones) is 1. The number of aliphatic hydroxyl groups is 1. The second-order valence-electron chi connectivity index (χ2n) is 13.1. The molecule has 4 rings (SSSR count). The highest BCUT2D eigenvalue weighted by molar-refractivity contribution is 5.99. The molecule has 0 saturated carbocycles. The van der Waals surface area contributed by atoms with E-state index in [9.17, 15) is 19.5 Å². The van der Waals surface area contributed by atoms with E-state index in [1.807, 2.05) is 43.1 Å². The largest absolute Gasteiger partial charge is 0.465 e. The summed E-state index contributed by atoms with van der Waals surface area (Å²) >= 11 is 0. The maximum Gasteiger partial charge on any atom is 0.313 e. The molecule has 0 aromatic heterocycles. The first-order chi connectivity index (χ1) is 17.2. The van der Waals surface area contributed by atoms with Gasteiger partial charge in [-0.1, -0.05) is 52.0 Å². The number of amides is 2. The number of esters is 1. The molecule has 2 saturated heterocycles. The van der Waals surface area contributed by atoms with Crippen molar-refractivity contribution >= 4 is 17.8 Å². The molecule has 6 atom stereocenters. The summed E-state index contributed by atoms with van der Waals surface area (Å²) < 4.78 is 12.4. The first kappa shape index (κ1) is 27.8. The van der Waals surface area contributed by atoms with Crippen molar-refractivity contribution in [1.29, 1.82) is 0 Å². The zero-order chi connectivity index (χ0) is 27.4. The standard InChI is InChI=1S/C29H44N2O6/c1-8-19(17-32)31-22-24(34)30(27(5,6)18-26(2,3)4)15-12-14-29(22)20(23(31)33)21-25(35)36-16-11-9-10-13-28(21,7)37-29/h10,12-14,19-22,32H,8-9,11,15-18H2,1-7H3/b13-10-/t19-,20-,21+,22?,28-,29-/m0/s1. The van der Waals surface area contributed by atoms with Crippen LogP contribution in [-0.2, 0) is 23.9 Å². The third-order valence-electron chi connectivity index (χ3n) is 8.46. The van der Waals surface area contributed by atoms with Crippen molar-refractivity contribution in [1.82, 2.24) is 9.80 Å². The molecule has 4 aliphatic heterocycles. The predicted molar refractivity (Wildman–Crippen MR) is 139 cm³/mol. The van der Waals surface area contributed by atoms with Crippen LogP contribution in [0.25, 0.3) is 0 Å². The lowest BCUT2D eigenvalue weighted by molar-refractivity contribution is -0.163. The van der Waals surface area contributed by atoms with E-state index in [1.165, 1.54) is 4.90 Å². The number of nitrogens with zero attached hydrogens (tertiary/aromatic N) is 2. The molecule has 206 valence electrons. The van der Waals surface area contributed by atoms with Crippen LogP contribution in [0.3, 0.4) is 0 Å². The summed E-state index contributed by atoms with van der Waals surface area (Å²) in [7, 11) is 0. The molecular weight excluding hydrogens is 472 g/mol. The van der Waals surface area contributed by atoms with Gasteiger partial charge in [0.05, 0.1) is 30.8 Å². The Labute approximate surface area is 221 Å². The van der Waals surface area contributed by atoms with Gasteiger partial charge in [-0.05, 0) is 51.9 Å². The van der Waals surface area contributed by atoms with Gasteiger partial charge in [0.25, 0.3) is 0 Å². The van der Waals surface area contributed by atoms with E-state index >= 15 is 0 Å². The molecule has 0 aliphatic carbocycles. The van der Waals surface area contributed by atoms with Crippen molar-refractivity contribution in [3.8, 4) is 0 Å². The van der Waals surface area contributed by atoms with Crippen LogP contribution >= 0.6 is 0 Å². The normalized spacial score (nSPS) is 36.1. The van der Waals surface area contributed by atoms with Crippen LogP contribution in [0.4, 0.5) is 0 Å². The number of hydrogen-bond donors (Lipinski definition) is 1. The number of rotatable bonds is 5. The number of carbonyl (C=O) groups excluding carboxylic acids is 3. The van der Waals surface area contributed by atoms with Crippen molar-refractivity contribution in [2.24, 2.45) is 17.3 Å². The number of fused-ring (bicyclic) bond motifs is 2. The number of ether oxygens (including phenoxy) is 2. The monoisotopic (exact) mass is 516 g/mol. The Morgan fingerprint density at radius 1 is 1.08 bits per heavy atom. The fourth-order valence-corrected chi connectivity index (χ4v) is 7.32. The van der Waals surface area contributed by atoms with Crippen LogP contribution in [0, 0.1) is 17.3 Å². The summed E-state index contributed by atoms with van der Waals surface area (Å²) in [5, 5.41) is 10.3. The van der Waals surface area contributed by atoms with Gasteiger partial charge in [-0.25, -0.2) is 0 Å². The number of hydrogen-bond acceptors (Lipinski definition) is 6. The molecule has 1 spiro atoms. The second-order valence-corrected chi connectivity index (χ2v) is 13.1. The van der Waals surface area contributed by atoms with E-state index in [1.54, 1.807) is 0 Å². The Morgan fingerprint density at radius 3 is 2.41 bits per heavy atom. The Hall–Kier alpha value is -2.19. The van der Waals surface area contributed by atoms with Gasteiger partial charge in [-0.2, -0.15) is 0 Å². The van der Waals surface area contributed by atoms with Crippen LogP contribution < -0.4 is 0 Å². The maximum atomic E-state index is 14.6. The smallest absolute Gasteiger partial charge is 0.313 e. The maximum absolute atomic E-state index is 14.6. The lowest BCUT2D eigenvalue weighted by atomic mass is 9.74. The molecule has 0 bridgehead atoms. The van der Waals surface area contributed by atoms with Crippen molar-refractivity contribution in [3.63, 3.8) is 0 Å². The minimum Gasteiger partial charge on any atom is -0.465 e. The van der Waals surface area contributed by atoms with Gasteiger partial charge in [0.1, 0.15) is 17.6 Å². The molecule has 1 unspecified atom stereocenters. The molecule has 4 heterocycles. The van der Waals surface area contributed by atoms with Gasteiger partial charge < -0.3 is 24.4 Å². The summed E-state index contributed by atoms with van der Waals surface area (Å²) in [6.07, 6.45) is 10.3. The highest BCUT2D eigenvalue weighted by Crippen LogP contribution is 2.58. The summed E-state index contributed by atoms with van der Waals surface area (Å²) in [5.41, 5.74) is -2.98. The Bertz CT molecular complexity index is 993. The molecular formula is C29H44N2O6. The Morgan fingerprint density at radius 2 is 1.78 bits per heavy atom. The van der Waals surface area contributed by atoms with Crippen LogP contribution in [0.5, 0.6) is 0 Å². The second kappa shape index (κ2) is 9.53. The molecule has 0 radical (unpaired) electrons. The molecule has 1 N–H and O–H groups in total. The minimum atomic E-state index is -1.34. The van der Waals surface area contributed by atoms with Crippen molar-refractivity contribution < 1.29 is 29.0 Å². The first-order valence-electron chi connectivity index (χ1n) is 13.7. The predicted octanol–water partition coefficient (Wildman–Crippen LogP) is 3.23. The molecule has 8 nitrogen and oxygen atoms in total.